The van der Waals surface area contributed by atoms with E-state index in [4.69, 9.17) is 9.16 Å². The highest BCUT2D eigenvalue weighted by Crippen LogP contribution is 2.47. The number of hydrogen-bond acceptors (Lipinski definition) is 4. The molecule has 4 atom stereocenters. The van der Waals surface area contributed by atoms with Crippen LogP contribution in [-0.2, 0) is 14.0 Å². The van der Waals surface area contributed by atoms with E-state index in [1.165, 1.54) is 0 Å². The van der Waals surface area contributed by atoms with Crippen LogP contribution in [-0.4, -0.2) is 32.1 Å². The third kappa shape index (κ3) is 5.00. The average Bonchev–Trinajstić information content (AvgIpc) is 2.99. The fourth-order valence-electron chi connectivity index (χ4n) is 3.97. The van der Waals surface area contributed by atoms with Crippen molar-refractivity contribution in [3.63, 3.8) is 0 Å². The van der Waals surface area contributed by atoms with Crippen molar-refractivity contribution in [3.8, 4) is 11.1 Å². The van der Waals surface area contributed by atoms with Crippen LogP contribution in [0.3, 0.4) is 0 Å². The molecule has 166 valence electrons. The van der Waals surface area contributed by atoms with E-state index in [1.807, 2.05) is 42.5 Å². The minimum absolute atomic E-state index is 0.0325. The summed E-state index contributed by atoms with van der Waals surface area (Å²) in [6.07, 6.45) is -0.999. The van der Waals surface area contributed by atoms with Crippen LogP contribution < -0.4 is 0 Å². The third-order valence-corrected chi connectivity index (χ3v) is 11.3. The Balaban J connectivity index is 1.92. The molecule has 1 saturated carbocycles. The first-order valence-electron chi connectivity index (χ1n) is 10.8. The van der Waals surface area contributed by atoms with Crippen LogP contribution in [0.2, 0.25) is 18.1 Å². The molecule has 1 unspecified atom stereocenters. The molecule has 1 aliphatic carbocycles. The van der Waals surface area contributed by atoms with Crippen molar-refractivity contribution in [1.29, 1.82) is 0 Å². The first-order chi connectivity index (χ1) is 14.5. The van der Waals surface area contributed by atoms with Crippen molar-refractivity contribution in [3.05, 3.63) is 72.3 Å². The normalized spacial score (nSPS) is 22.9. The lowest BCUT2D eigenvalue weighted by atomic mass is 9.89. The van der Waals surface area contributed by atoms with Crippen molar-refractivity contribution in [2.24, 2.45) is 5.92 Å². The van der Waals surface area contributed by atoms with E-state index in [1.54, 1.807) is 0 Å². The zero-order valence-corrected chi connectivity index (χ0v) is 20.2. The van der Waals surface area contributed by atoms with E-state index in [0.29, 0.717) is 18.5 Å². The van der Waals surface area contributed by atoms with E-state index in [9.17, 15) is 9.90 Å². The van der Waals surface area contributed by atoms with Gasteiger partial charge in [0.1, 0.15) is 6.10 Å². The van der Waals surface area contributed by atoms with Crippen molar-refractivity contribution in [2.45, 2.75) is 63.6 Å². The summed E-state index contributed by atoms with van der Waals surface area (Å²) in [5.41, 5.74) is 3.76. The fraction of sp³-hybridized carbons (Fsp3) is 0.423. The van der Waals surface area contributed by atoms with Crippen molar-refractivity contribution in [1.82, 2.24) is 0 Å². The standard InChI is InChI=1S/C26H34O4Si/c1-18-22(28)16-23(30-31(5,6)26(2,3)4)24(18)25(29-17-27)21-14-12-20(13-15-21)19-10-8-7-9-11-19/h7-15,17,22-25,28H,1,16H2,2-6H3/t22-,23+,24+,25?/m1/s1. The van der Waals surface area contributed by atoms with Gasteiger partial charge in [-0.15, -0.1) is 0 Å². The lowest BCUT2D eigenvalue weighted by molar-refractivity contribution is -0.137. The number of rotatable bonds is 7. The monoisotopic (exact) mass is 438 g/mol. The van der Waals surface area contributed by atoms with Crippen LogP contribution >= 0.6 is 0 Å². The zero-order chi connectivity index (χ0) is 22.8. The number of hydrogen-bond donors (Lipinski definition) is 1. The summed E-state index contributed by atoms with van der Waals surface area (Å²) in [6.45, 7) is 15.6. The highest BCUT2D eigenvalue weighted by molar-refractivity contribution is 6.74. The lowest BCUT2D eigenvalue weighted by Crippen LogP contribution is -2.45. The quantitative estimate of drug-likeness (QED) is 0.332. The second-order valence-corrected chi connectivity index (χ2v) is 14.7. The first kappa shape index (κ1) is 23.5. The second-order valence-electron chi connectivity index (χ2n) is 9.91. The Morgan fingerprint density at radius 3 is 2.19 bits per heavy atom. The molecule has 2 aromatic carbocycles. The van der Waals surface area contributed by atoms with E-state index in [0.717, 1.165) is 16.7 Å². The average molecular weight is 439 g/mol. The van der Waals surface area contributed by atoms with E-state index in [2.05, 4.69) is 52.6 Å². The Kier molecular flexibility index (Phi) is 6.89. The number of carbonyl (C=O) groups excluding carboxylic acids is 1. The molecule has 1 fully saturated rings. The van der Waals surface area contributed by atoms with Gasteiger partial charge in [0, 0.05) is 12.3 Å². The third-order valence-electron chi connectivity index (χ3n) is 6.84. The molecule has 4 nitrogen and oxygen atoms in total. The Bertz CT molecular complexity index is 899. The van der Waals surface area contributed by atoms with Gasteiger partial charge in [0.2, 0.25) is 0 Å². The van der Waals surface area contributed by atoms with Crippen LogP contribution in [0.25, 0.3) is 11.1 Å². The van der Waals surface area contributed by atoms with Gasteiger partial charge in [0.05, 0.1) is 12.2 Å². The number of carbonyl (C=O) groups is 1. The predicted molar refractivity (Wildman–Crippen MR) is 127 cm³/mol. The van der Waals surface area contributed by atoms with Gasteiger partial charge in [0.15, 0.2) is 8.32 Å². The molecule has 5 heteroatoms. The zero-order valence-electron chi connectivity index (χ0n) is 19.2. The van der Waals surface area contributed by atoms with Crippen LogP contribution in [0.5, 0.6) is 0 Å². The largest absolute Gasteiger partial charge is 0.459 e. The number of ether oxygens (including phenoxy) is 1. The number of aliphatic hydroxyl groups is 1. The highest BCUT2D eigenvalue weighted by Gasteiger charge is 2.48. The summed E-state index contributed by atoms with van der Waals surface area (Å²) in [5.74, 6) is -0.295. The Hall–Kier alpha value is -2.21. The predicted octanol–water partition coefficient (Wildman–Crippen LogP) is 5.90. The summed E-state index contributed by atoms with van der Waals surface area (Å²) < 4.78 is 12.3. The summed E-state index contributed by atoms with van der Waals surface area (Å²) in [7, 11) is -2.09. The highest BCUT2D eigenvalue weighted by atomic mass is 28.4. The van der Waals surface area contributed by atoms with E-state index in [-0.39, 0.29) is 17.1 Å². The molecular formula is C26H34O4Si. The molecule has 0 radical (unpaired) electrons. The van der Waals surface area contributed by atoms with Gasteiger partial charge in [-0.2, -0.15) is 0 Å². The Morgan fingerprint density at radius 2 is 1.65 bits per heavy atom. The molecule has 1 aliphatic rings. The topological polar surface area (TPSA) is 55.8 Å². The van der Waals surface area contributed by atoms with Crippen LogP contribution in [0.4, 0.5) is 0 Å². The van der Waals surface area contributed by atoms with Gasteiger partial charge in [-0.25, -0.2) is 0 Å². The van der Waals surface area contributed by atoms with Gasteiger partial charge in [-0.1, -0.05) is 81.9 Å². The Labute approximate surface area is 187 Å². The van der Waals surface area contributed by atoms with E-state index >= 15 is 0 Å². The van der Waals surface area contributed by atoms with Crippen molar-refractivity contribution in [2.75, 3.05) is 0 Å². The molecule has 0 amide bonds. The molecule has 0 spiro atoms. The number of benzene rings is 2. The molecular weight excluding hydrogens is 404 g/mol. The summed E-state index contributed by atoms with van der Waals surface area (Å²) >= 11 is 0. The molecule has 0 heterocycles. The molecule has 0 aliphatic heterocycles. The number of aliphatic hydroxyl groups excluding tert-OH is 1. The first-order valence-corrected chi connectivity index (χ1v) is 13.7. The molecule has 0 bridgehead atoms. The molecule has 1 N–H and O–H groups in total. The summed E-state index contributed by atoms with van der Waals surface area (Å²) in [6, 6.07) is 18.2. The van der Waals surface area contributed by atoms with E-state index < -0.39 is 20.5 Å². The minimum atomic E-state index is -2.09. The molecule has 0 aromatic heterocycles. The summed E-state index contributed by atoms with van der Waals surface area (Å²) in [5, 5.41) is 10.6. The summed E-state index contributed by atoms with van der Waals surface area (Å²) in [4.78, 5) is 11.4. The lowest BCUT2D eigenvalue weighted by Gasteiger charge is -2.40. The smallest absolute Gasteiger partial charge is 0.293 e. The SMILES string of the molecule is C=C1[C@H](O)C[C@H](O[Si](C)(C)C(C)(C)C)[C@H]1C(OC=O)c1ccc(-c2ccccc2)cc1. The fourth-order valence-corrected chi connectivity index (χ4v) is 5.32. The molecule has 3 rings (SSSR count). The van der Waals surface area contributed by atoms with Gasteiger partial charge < -0.3 is 14.3 Å². The molecule has 31 heavy (non-hydrogen) atoms. The van der Waals surface area contributed by atoms with Crippen molar-refractivity contribution >= 4 is 14.8 Å². The minimum Gasteiger partial charge on any atom is -0.459 e. The maximum atomic E-state index is 11.4. The maximum Gasteiger partial charge on any atom is 0.293 e. The maximum absolute atomic E-state index is 11.4. The Morgan fingerprint density at radius 1 is 1.06 bits per heavy atom. The van der Waals surface area contributed by atoms with Crippen LogP contribution in [0, 0.1) is 5.92 Å². The van der Waals surface area contributed by atoms with Gasteiger partial charge in [-0.05, 0) is 40.4 Å². The van der Waals surface area contributed by atoms with Crippen LogP contribution in [0.15, 0.2) is 66.7 Å². The van der Waals surface area contributed by atoms with Gasteiger partial charge in [-0.3, -0.25) is 4.79 Å². The second kappa shape index (κ2) is 9.11. The van der Waals surface area contributed by atoms with Gasteiger partial charge in [0.25, 0.3) is 6.47 Å². The molecule has 2 aromatic rings. The van der Waals surface area contributed by atoms with Crippen LogP contribution in [0.1, 0.15) is 38.9 Å². The van der Waals surface area contributed by atoms with Gasteiger partial charge >= 0.3 is 0 Å². The molecule has 0 saturated heterocycles. The van der Waals surface area contributed by atoms with Crippen molar-refractivity contribution < 1.29 is 19.1 Å².